The van der Waals surface area contributed by atoms with E-state index in [9.17, 15) is 18.0 Å². The highest BCUT2D eigenvalue weighted by Gasteiger charge is 2.33. The van der Waals surface area contributed by atoms with Crippen molar-refractivity contribution in [3.05, 3.63) is 95.6 Å². The van der Waals surface area contributed by atoms with Crippen LogP contribution in [-0.4, -0.2) is 44.3 Å². The number of anilines is 1. The van der Waals surface area contributed by atoms with Crippen molar-refractivity contribution in [2.75, 3.05) is 17.4 Å². The normalized spacial score (nSPS) is 12.2. The van der Waals surface area contributed by atoms with Crippen LogP contribution in [0.1, 0.15) is 44.4 Å². The molecule has 0 spiro atoms. The van der Waals surface area contributed by atoms with E-state index in [2.05, 4.69) is 5.32 Å². The number of benzene rings is 3. The highest BCUT2D eigenvalue weighted by molar-refractivity contribution is 7.92. The summed E-state index contributed by atoms with van der Waals surface area (Å²) in [4.78, 5) is 28.6. The molecule has 0 bridgehead atoms. The van der Waals surface area contributed by atoms with Gasteiger partial charge in [-0.25, -0.2) is 8.42 Å². The van der Waals surface area contributed by atoms with Gasteiger partial charge in [0, 0.05) is 13.1 Å². The van der Waals surface area contributed by atoms with Crippen LogP contribution in [0.5, 0.6) is 0 Å². The van der Waals surface area contributed by atoms with Gasteiger partial charge in [-0.05, 0) is 55.5 Å². The number of para-hydroxylation sites is 1. The average molecular weight is 550 g/mol. The molecule has 3 aromatic rings. The number of carbonyl (C=O) groups is 2. The molecule has 0 radical (unpaired) electrons. The predicted molar refractivity (Wildman–Crippen MR) is 156 cm³/mol. The summed E-state index contributed by atoms with van der Waals surface area (Å²) in [5, 5.41) is 2.91. The largest absolute Gasteiger partial charge is 0.354 e. The first-order valence-electron chi connectivity index (χ1n) is 13.3. The lowest BCUT2D eigenvalue weighted by Gasteiger charge is -2.32. The molecule has 0 saturated heterocycles. The molecule has 0 unspecified atom stereocenters. The third kappa shape index (κ3) is 7.69. The molecule has 39 heavy (non-hydrogen) atoms. The Labute approximate surface area is 232 Å². The Hall–Kier alpha value is -3.65. The quantitative estimate of drug-likeness (QED) is 0.347. The molecule has 0 aliphatic rings. The van der Waals surface area contributed by atoms with Gasteiger partial charge in [0.2, 0.25) is 11.8 Å². The van der Waals surface area contributed by atoms with Gasteiger partial charge in [0.05, 0.1) is 10.6 Å². The first kappa shape index (κ1) is 29.9. The number of aryl methyl sites for hydroxylation is 2. The molecule has 208 valence electrons. The summed E-state index contributed by atoms with van der Waals surface area (Å²) in [6, 6.07) is 22.2. The van der Waals surface area contributed by atoms with Gasteiger partial charge >= 0.3 is 0 Å². The van der Waals surface area contributed by atoms with Gasteiger partial charge < -0.3 is 10.2 Å². The van der Waals surface area contributed by atoms with Gasteiger partial charge in [0.25, 0.3) is 10.0 Å². The molecule has 0 heterocycles. The third-order valence-electron chi connectivity index (χ3n) is 6.58. The fourth-order valence-corrected chi connectivity index (χ4v) is 5.68. The number of rotatable bonds is 12. The third-order valence-corrected chi connectivity index (χ3v) is 8.35. The molecular weight excluding hydrogens is 510 g/mol. The van der Waals surface area contributed by atoms with E-state index in [0.29, 0.717) is 18.7 Å². The SMILES string of the molecule is CCc1ccccc1N(CC(=O)N(Cc1ccc(C)cc1)[C@H](C)C(=O)NCC(C)C)S(=O)(=O)c1ccccc1. The van der Waals surface area contributed by atoms with Crippen LogP contribution in [-0.2, 0) is 32.6 Å². The van der Waals surface area contributed by atoms with E-state index in [4.69, 9.17) is 0 Å². The fourth-order valence-electron chi connectivity index (χ4n) is 4.21. The monoisotopic (exact) mass is 549 g/mol. The lowest BCUT2D eigenvalue weighted by Crippen LogP contribution is -2.51. The van der Waals surface area contributed by atoms with Gasteiger partial charge in [-0.3, -0.25) is 13.9 Å². The number of nitrogens with zero attached hydrogens (tertiary/aromatic N) is 2. The Morgan fingerprint density at radius 3 is 2.10 bits per heavy atom. The molecule has 8 heteroatoms. The molecule has 0 aliphatic carbocycles. The lowest BCUT2D eigenvalue weighted by atomic mass is 10.1. The Kier molecular flexibility index (Phi) is 10.3. The van der Waals surface area contributed by atoms with Gasteiger partial charge in [-0.2, -0.15) is 0 Å². The van der Waals surface area contributed by atoms with Gasteiger partial charge in [0.15, 0.2) is 0 Å². The summed E-state index contributed by atoms with van der Waals surface area (Å²) < 4.78 is 29.0. The fraction of sp³-hybridized carbons (Fsp3) is 0.355. The molecular formula is C31H39N3O4S. The van der Waals surface area contributed by atoms with Crippen LogP contribution in [0.2, 0.25) is 0 Å². The number of nitrogens with one attached hydrogen (secondary N) is 1. The summed E-state index contributed by atoms with van der Waals surface area (Å²) in [5.41, 5.74) is 3.18. The standard InChI is InChI=1S/C31H39N3O4S/c1-6-27-12-10-11-15-29(27)34(39(37,38)28-13-8-7-9-14-28)22-30(35)33(21-26-18-16-24(4)17-19-26)25(5)31(36)32-20-23(2)3/h7-19,23,25H,6,20-22H2,1-5H3,(H,32,36)/t25-/m1/s1. The van der Waals surface area contributed by atoms with Crippen molar-refractivity contribution >= 4 is 27.5 Å². The van der Waals surface area contributed by atoms with Crippen molar-refractivity contribution in [1.82, 2.24) is 10.2 Å². The van der Waals surface area contributed by atoms with Crippen molar-refractivity contribution < 1.29 is 18.0 Å². The molecule has 0 fully saturated rings. The van der Waals surface area contributed by atoms with Crippen LogP contribution in [0.15, 0.2) is 83.8 Å². The number of hydrogen-bond donors (Lipinski definition) is 1. The first-order chi connectivity index (χ1) is 18.5. The predicted octanol–water partition coefficient (Wildman–Crippen LogP) is 4.94. The molecule has 0 saturated carbocycles. The van der Waals surface area contributed by atoms with Crippen LogP contribution in [0, 0.1) is 12.8 Å². The molecule has 2 amide bonds. The molecule has 3 rings (SSSR count). The summed E-state index contributed by atoms with van der Waals surface area (Å²) in [7, 11) is -4.08. The molecule has 1 N–H and O–H groups in total. The van der Waals surface area contributed by atoms with Crippen molar-refractivity contribution in [1.29, 1.82) is 0 Å². The molecule has 3 aromatic carbocycles. The van der Waals surface area contributed by atoms with E-state index in [1.54, 1.807) is 37.3 Å². The van der Waals surface area contributed by atoms with Crippen LogP contribution >= 0.6 is 0 Å². The van der Waals surface area contributed by atoms with Crippen LogP contribution in [0.25, 0.3) is 0 Å². The maximum absolute atomic E-state index is 14.0. The number of carbonyl (C=O) groups excluding carboxylic acids is 2. The van der Waals surface area contributed by atoms with Crippen molar-refractivity contribution in [3.63, 3.8) is 0 Å². The maximum atomic E-state index is 14.0. The highest BCUT2D eigenvalue weighted by Crippen LogP contribution is 2.28. The van der Waals surface area contributed by atoms with E-state index in [-0.39, 0.29) is 23.3 Å². The topological polar surface area (TPSA) is 86.8 Å². The zero-order valence-electron chi connectivity index (χ0n) is 23.4. The van der Waals surface area contributed by atoms with Gasteiger partial charge in [-0.15, -0.1) is 0 Å². The minimum absolute atomic E-state index is 0.0940. The minimum atomic E-state index is -4.08. The maximum Gasteiger partial charge on any atom is 0.264 e. The summed E-state index contributed by atoms with van der Waals surface area (Å²) in [6.07, 6.45) is 0.590. The molecule has 7 nitrogen and oxygen atoms in total. The van der Waals surface area contributed by atoms with E-state index in [1.165, 1.54) is 21.3 Å². The Balaban J connectivity index is 2.03. The van der Waals surface area contributed by atoms with Crippen molar-refractivity contribution in [2.24, 2.45) is 5.92 Å². The zero-order chi connectivity index (χ0) is 28.6. The smallest absolute Gasteiger partial charge is 0.264 e. The Morgan fingerprint density at radius 1 is 0.872 bits per heavy atom. The number of sulfonamides is 1. The van der Waals surface area contributed by atoms with E-state index >= 15 is 0 Å². The Morgan fingerprint density at radius 2 is 1.49 bits per heavy atom. The number of amides is 2. The summed E-state index contributed by atoms with van der Waals surface area (Å²) in [6.45, 7) is 9.80. The van der Waals surface area contributed by atoms with Gasteiger partial charge in [-0.1, -0.05) is 87.0 Å². The Bertz CT molecular complexity index is 1360. The number of hydrogen-bond acceptors (Lipinski definition) is 4. The molecule has 1 atom stereocenters. The van der Waals surface area contributed by atoms with Gasteiger partial charge in [0.1, 0.15) is 12.6 Å². The second-order valence-electron chi connectivity index (χ2n) is 10.1. The minimum Gasteiger partial charge on any atom is -0.354 e. The second-order valence-corrected chi connectivity index (χ2v) is 12.0. The van der Waals surface area contributed by atoms with E-state index < -0.39 is 28.5 Å². The van der Waals surface area contributed by atoms with E-state index in [1.807, 2.05) is 64.1 Å². The summed E-state index contributed by atoms with van der Waals surface area (Å²) in [5.74, 6) is -0.497. The lowest BCUT2D eigenvalue weighted by molar-refractivity contribution is -0.139. The molecule has 0 aliphatic heterocycles. The van der Waals surface area contributed by atoms with Crippen molar-refractivity contribution in [3.8, 4) is 0 Å². The van der Waals surface area contributed by atoms with Crippen LogP contribution < -0.4 is 9.62 Å². The first-order valence-corrected chi connectivity index (χ1v) is 14.8. The average Bonchev–Trinajstić information content (AvgIpc) is 2.94. The van der Waals surface area contributed by atoms with Crippen LogP contribution in [0.4, 0.5) is 5.69 Å². The van der Waals surface area contributed by atoms with Crippen molar-refractivity contribution in [2.45, 2.75) is 58.5 Å². The van der Waals surface area contributed by atoms with E-state index in [0.717, 1.165) is 16.7 Å². The van der Waals surface area contributed by atoms with Crippen LogP contribution in [0.3, 0.4) is 0 Å². The second kappa shape index (κ2) is 13.4. The summed E-state index contributed by atoms with van der Waals surface area (Å²) >= 11 is 0. The highest BCUT2D eigenvalue weighted by atomic mass is 32.2. The zero-order valence-corrected chi connectivity index (χ0v) is 24.2. The molecule has 0 aromatic heterocycles.